The van der Waals surface area contributed by atoms with Crippen molar-refractivity contribution >= 4 is 30.7 Å². The predicted octanol–water partition coefficient (Wildman–Crippen LogP) is 2.27. The number of fused-ring (bicyclic) bond motifs is 1. The van der Waals surface area contributed by atoms with Crippen molar-refractivity contribution in [3.63, 3.8) is 0 Å². The predicted molar refractivity (Wildman–Crippen MR) is 98.5 cm³/mol. The Hall–Kier alpha value is -0.810. The van der Waals surface area contributed by atoms with Gasteiger partial charge in [-0.15, -0.1) is 24.8 Å². The van der Waals surface area contributed by atoms with E-state index in [9.17, 15) is 4.79 Å². The largest absolute Gasteiger partial charge is 0.337 e. The summed E-state index contributed by atoms with van der Waals surface area (Å²) in [5.74, 6) is -0.00986. The maximum atomic E-state index is 13.0. The molecule has 4 nitrogen and oxygen atoms in total. The van der Waals surface area contributed by atoms with Gasteiger partial charge in [0.2, 0.25) is 5.91 Å². The minimum absolute atomic E-state index is 0. The van der Waals surface area contributed by atoms with Gasteiger partial charge < -0.3 is 10.6 Å². The Labute approximate surface area is 151 Å². The molecule has 1 aromatic carbocycles. The van der Waals surface area contributed by atoms with E-state index in [4.69, 9.17) is 5.73 Å². The normalized spacial score (nSPS) is 25.0. The number of carbonyl (C=O) groups is 1. The van der Waals surface area contributed by atoms with Crippen molar-refractivity contribution in [1.29, 1.82) is 0 Å². The molecule has 0 radical (unpaired) electrons. The number of amides is 1. The van der Waals surface area contributed by atoms with Crippen molar-refractivity contribution in [2.75, 3.05) is 26.2 Å². The fraction of sp³-hybridized carbons (Fsp3) is 0.588. The van der Waals surface area contributed by atoms with Gasteiger partial charge in [-0.2, -0.15) is 0 Å². The van der Waals surface area contributed by atoms with Gasteiger partial charge in [0.15, 0.2) is 0 Å². The molecule has 0 aliphatic carbocycles. The number of carbonyl (C=O) groups excluding carboxylic acids is 1. The Morgan fingerprint density at radius 3 is 2.61 bits per heavy atom. The summed E-state index contributed by atoms with van der Waals surface area (Å²) < 4.78 is 0. The summed E-state index contributed by atoms with van der Waals surface area (Å²) in [6, 6.07) is 10.8. The van der Waals surface area contributed by atoms with Crippen molar-refractivity contribution in [3.8, 4) is 0 Å². The van der Waals surface area contributed by atoms with Gasteiger partial charge in [-0.3, -0.25) is 9.69 Å². The van der Waals surface area contributed by atoms with Crippen molar-refractivity contribution in [1.82, 2.24) is 9.80 Å². The Kier molecular flexibility index (Phi) is 7.81. The van der Waals surface area contributed by atoms with E-state index in [1.807, 2.05) is 30.3 Å². The van der Waals surface area contributed by atoms with Gasteiger partial charge in [-0.05, 0) is 31.9 Å². The zero-order chi connectivity index (χ0) is 14.8. The van der Waals surface area contributed by atoms with E-state index in [0.717, 1.165) is 18.7 Å². The Balaban J connectivity index is 0.00000132. The van der Waals surface area contributed by atoms with E-state index >= 15 is 0 Å². The highest BCUT2D eigenvalue weighted by atomic mass is 35.5. The van der Waals surface area contributed by atoms with E-state index in [-0.39, 0.29) is 42.7 Å². The molecular weight excluding hydrogens is 333 g/mol. The third-order valence-corrected chi connectivity index (χ3v) is 4.96. The van der Waals surface area contributed by atoms with E-state index < -0.39 is 0 Å². The maximum absolute atomic E-state index is 13.0. The Bertz CT molecular complexity index is 500. The summed E-state index contributed by atoms with van der Waals surface area (Å²) in [7, 11) is 0. The van der Waals surface area contributed by atoms with Crippen LogP contribution in [0.25, 0.3) is 0 Å². The first-order valence-corrected chi connectivity index (χ1v) is 8.00. The summed E-state index contributed by atoms with van der Waals surface area (Å²) in [6.45, 7) is 5.59. The van der Waals surface area contributed by atoms with Crippen LogP contribution in [-0.4, -0.2) is 54.0 Å². The average Bonchev–Trinajstić information content (AvgIpc) is 2.95. The Morgan fingerprint density at radius 1 is 1.26 bits per heavy atom. The summed E-state index contributed by atoms with van der Waals surface area (Å²) in [5, 5.41) is 0. The first kappa shape index (κ1) is 20.2. The molecule has 2 heterocycles. The summed E-state index contributed by atoms with van der Waals surface area (Å²) >= 11 is 0. The molecule has 0 aromatic heterocycles. The fourth-order valence-corrected chi connectivity index (χ4v) is 3.76. The number of piperazine rings is 1. The number of hydrogen-bond acceptors (Lipinski definition) is 3. The second kappa shape index (κ2) is 8.88. The Morgan fingerprint density at radius 2 is 1.96 bits per heavy atom. The third-order valence-electron chi connectivity index (χ3n) is 4.96. The van der Waals surface area contributed by atoms with E-state index in [2.05, 4.69) is 16.7 Å². The van der Waals surface area contributed by atoms with Crippen LogP contribution in [0.5, 0.6) is 0 Å². The molecule has 3 rings (SSSR count). The molecule has 3 atom stereocenters. The lowest BCUT2D eigenvalue weighted by Gasteiger charge is -2.43. The maximum Gasteiger partial charge on any atom is 0.231 e. The average molecular weight is 360 g/mol. The van der Waals surface area contributed by atoms with E-state index in [0.29, 0.717) is 12.6 Å². The minimum atomic E-state index is -0.207. The van der Waals surface area contributed by atoms with E-state index in [1.165, 1.54) is 19.4 Å². The lowest BCUT2D eigenvalue weighted by atomic mass is 9.96. The highest BCUT2D eigenvalue weighted by molar-refractivity contribution is 5.85. The van der Waals surface area contributed by atoms with Crippen LogP contribution in [0, 0.1) is 0 Å². The summed E-state index contributed by atoms with van der Waals surface area (Å²) in [5.41, 5.74) is 6.94. The summed E-state index contributed by atoms with van der Waals surface area (Å²) in [4.78, 5) is 17.6. The van der Waals surface area contributed by atoms with Crippen LogP contribution >= 0.6 is 24.8 Å². The fourth-order valence-electron chi connectivity index (χ4n) is 3.76. The third kappa shape index (κ3) is 4.18. The molecule has 2 aliphatic rings. The van der Waals surface area contributed by atoms with Gasteiger partial charge in [-0.1, -0.05) is 30.3 Å². The molecule has 2 fully saturated rings. The van der Waals surface area contributed by atoms with Gasteiger partial charge in [0.1, 0.15) is 0 Å². The molecule has 0 bridgehead atoms. The highest BCUT2D eigenvalue weighted by Gasteiger charge is 2.38. The van der Waals surface area contributed by atoms with Crippen LogP contribution in [0.15, 0.2) is 30.3 Å². The molecular formula is C17H27Cl2N3O. The number of rotatable bonds is 3. The van der Waals surface area contributed by atoms with Crippen LogP contribution in [0.3, 0.4) is 0 Å². The quantitative estimate of drug-likeness (QED) is 0.900. The zero-order valence-corrected chi connectivity index (χ0v) is 15.2. The minimum Gasteiger partial charge on any atom is -0.337 e. The number of nitrogens with two attached hydrogens (primary N) is 1. The highest BCUT2D eigenvalue weighted by Crippen LogP contribution is 2.27. The molecule has 2 N–H and O–H groups in total. The smallest absolute Gasteiger partial charge is 0.231 e. The lowest BCUT2D eigenvalue weighted by molar-refractivity contribution is -0.138. The number of hydrogen-bond donors (Lipinski definition) is 1. The molecule has 0 spiro atoms. The van der Waals surface area contributed by atoms with Crippen molar-refractivity contribution in [2.45, 2.75) is 37.8 Å². The SMILES string of the molecule is CC1CN2CCCC2CN1C(=O)C(CN)c1ccccc1.Cl.Cl. The van der Waals surface area contributed by atoms with Gasteiger partial charge in [-0.25, -0.2) is 0 Å². The monoisotopic (exact) mass is 359 g/mol. The standard InChI is InChI=1S/C17H25N3O.2ClH/c1-13-11-19-9-5-8-15(19)12-20(13)17(21)16(10-18)14-6-3-2-4-7-14;;/h2-4,6-7,13,15-16H,5,8-12,18H2,1H3;2*1H. The molecule has 2 saturated heterocycles. The second-order valence-electron chi connectivity index (χ2n) is 6.33. The molecule has 6 heteroatoms. The van der Waals surface area contributed by atoms with Crippen molar-refractivity contribution in [2.24, 2.45) is 5.73 Å². The van der Waals surface area contributed by atoms with Gasteiger partial charge in [0.25, 0.3) is 0 Å². The molecule has 0 saturated carbocycles. The molecule has 3 unspecified atom stereocenters. The molecule has 130 valence electrons. The van der Waals surface area contributed by atoms with Gasteiger partial charge in [0, 0.05) is 31.7 Å². The van der Waals surface area contributed by atoms with Crippen LogP contribution in [0.2, 0.25) is 0 Å². The summed E-state index contributed by atoms with van der Waals surface area (Å²) in [6.07, 6.45) is 2.48. The topological polar surface area (TPSA) is 49.6 Å². The van der Waals surface area contributed by atoms with Crippen LogP contribution in [0.4, 0.5) is 0 Å². The van der Waals surface area contributed by atoms with Crippen molar-refractivity contribution in [3.05, 3.63) is 35.9 Å². The molecule has 1 amide bonds. The van der Waals surface area contributed by atoms with Crippen LogP contribution in [0.1, 0.15) is 31.2 Å². The van der Waals surface area contributed by atoms with Gasteiger partial charge >= 0.3 is 0 Å². The van der Waals surface area contributed by atoms with E-state index in [1.54, 1.807) is 0 Å². The lowest BCUT2D eigenvalue weighted by Crippen LogP contribution is -2.58. The van der Waals surface area contributed by atoms with Crippen LogP contribution < -0.4 is 5.73 Å². The first-order valence-electron chi connectivity index (χ1n) is 8.00. The number of halogens is 2. The van der Waals surface area contributed by atoms with Crippen molar-refractivity contribution < 1.29 is 4.79 Å². The van der Waals surface area contributed by atoms with Crippen LogP contribution in [-0.2, 0) is 4.79 Å². The number of benzene rings is 1. The second-order valence-corrected chi connectivity index (χ2v) is 6.33. The number of nitrogens with zero attached hydrogens (tertiary/aromatic N) is 2. The first-order chi connectivity index (χ1) is 10.2. The molecule has 1 aromatic rings. The zero-order valence-electron chi connectivity index (χ0n) is 13.6. The molecule has 2 aliphatic heterocycles. The van der Waals surface area contributed by atoms with Gasteiger partial charge in [0.05, 0.1) is 5.92 Å². The molecule has 23 heavy (non-hydrogen) atoms.